The lowest BCUT2D eigenvalue weighted by Crippen LogP contribution is -2.39. The molecule has 1 unspecified atom stereocenters. The third kappa shape index (κ3) is 7.17. The van der Waals surface area contributed by atoms with Crippen LogP contribution in [0.5, 0.6) is 0 Å². The third-order valence-corrected chi connectivity index (χ3v) is 9.99. The molecule has 2 aromatic carbocycles. The van der Waals surface area contributed by atoms with E-state index in [0.717, 1.165) is 47.3 Å². The van der Waals surface area contributed by atoms with Gasteiger partial charge in [0, 0.05) is 38.9 Å². The molecule has 2 heterocycles. The first-order chi connectivity index (χ1) is 18.1. The van der Waals surface area contributed by atoms with E-state index in [0.29, 0.717) is 36.9 Å². The summed E-state index contributed by atoms with van der Waals surface area (Å²) in [5, 5.41) is 0.652. The molecule has 0 N–H and O–H groups in total. The Hall–Kier alpha value is -2.08. The lowest BCUT2D eigenvalue weighted by molar-refractivity contribution is 0.0978. The highest BCUT2D eigenvalue weighted by Gasteiger charge is 2.27. The zero-order valence-electron chi connectivity index (χ0n) is 23.3. The molecule has 11 heteroatoms. The fourth-order valence-corrected chi connectivity index (χ4v) is 7.19. The van der Waals surface area contributed by atoms with Crippen LogP contribution in [0.1, 0.15) is 48.2 Å². The number of fused-ring (bicyclic) bond motifs is 1. The number of rotatable bonds is 11. The summed E-state index contributed by atoms with van der Waals surface area (Å²) >= 11 is 1.51. The molecule has 39 heavy (non-hydrogen) atoms. The predicted octanol–water partition coefficient (Wildman–Crippen LogP) is 5.12. The number of benzene rings is 2. The summed E-state index contributed by atoms with van der Waals surface area (Å²) in [6.07, 6.45) is 1.74. The lowest BCUT2D eigenvalue weighted by Gasteiger charge is -2.25. The molecule has 214 valence electrons. The van der Waals surface area contributed by atoms with Gasteiger partial charge in [0.05, 0.1) is 21.2 Å². The number of carbonyl (C=O) groups excluding carboxylic acids is 1. The van der Waals surface area contributed by atoms with Crippen LogP contribution in [0.15, 0.2) is 41.3 Å². The number of hydrogen-bond donors (Lipinski definition) is 0. The Morgan fingerprint density at radius 2 is 1.79 bits per heavy atom. The minimum atomic E-state index is -3.68. The van der Waals surface area contributed by atoms with Crippen LogP contribution in [0.3, 0.4) is 0 Å². The Morgan fingerprint density at radius 3 is 2.41 bits per heavy atom. The van der Waals surface area contributed by atoms with Crippen molar-refractivity contribution in [2.45, 2.75) is 51.5 Å². The fourth-order valence-electron chi connectivity index (χ4n) is 4.82. The number of aromatic nitrogens is 1. The molecule has 1 aliphatic rings. The van der Waals surface area contributed by atoms with Crippen LogP contribution in [0.25, 0.3) is 10.2 Å². The molecule has 1 fully saturated rings. The highest BCUT2D eigenvalue weighted by atomic mass is 35.5. The van der Waals surface area contributed by atoms with Gasteiger partial charge in [-0.3, -0.25) is 9.69 Å². The Balaban J connectivity index is 0.00000420. The average Bonchev–Trinajstić information content (AvgIpc) is 3.56. The van der Waals surface area contributed by atoms with Gasteiger partial charge in [-0.05, 0) is 81.2 Å². The summed E-state index contributed by atoms with van der Waals surface area (Å²) in [6, 6.07) is 10.4. The molecule has 0 radical (unpaired) electrons. The van der Waals surface area contributed by atoms with Crippen molar-refractivity contribution in [1.29, 1.82) is 0 Å². The summed E-state index contributed by atoms with van der Waals surface area (Å²) in [4.78, 5) is 22.8. The summed E-state index contributed by atoms with van der Waals surface area (Å²) in [5.74, 6) is -0.192. The maximum absolute atomic E-state index is 13.8. The van der Waals surface area contributed by atoms with Gasteiger partial charge in [0.25, 0.3) is 5.91 Å². The minimum Gasteiger partial charge on any atom is -0.377 e. The molecule has 8 nitrogen and oxygen atoms in total. The largest absolute Gasteiger partial charge is 0.377 e. The molecule has 0 spiro atoms. The van der Waals surface area contributed by atoms with Crippen molar-refractivity contribution in [3.8, 4) is 0 Å². The van der Waals surface area contributed by atoms with Crippen LogP contribution in [0, 0.1) is 13.8 Å². The molecule has 1 aromatic heterocycles. The molecule has 1 saturated heterocycles. The van der Waals surface area contributed by atoms with E-state index in [-0.39, 0.29) is 29.3 Å². The number of nitrogens with zero attached hydrogens (tertiary/aromatic N) is 4. The van der Waals surface area contributed by atoms with Gasteiger partial charge in [-0.25, -0.2) is 13.4 Å². The number of anilines is 1. The Bertz CT molecular complexity index is 1370. The van der Waals surface area contributed by atoms with Crippen molar-refractivity contribution in [2.24, 2.45) is 0 Å². The van der Waals surface area contributed by atoms with E-state index >= 15 is 0 Å². The molecule has 0 aliphatic carbocycles. The number of carbonyl (C=O) groups is 1. The Morgan fingerprint density at radius 1 is 1.10 bits per heavy atom. The highest BCUT2D eigenvalue weighted by molar-refractivity contribution is 7.89. The van der Waals surface area contributed by atoms with Crippen molar-refractivity contribution < 1.29 is 17.9 Å². The monoisotopic (exact) mass is 594 g/mol. The van der Waals surface area contributed by atoms with Crippen LogP contribution in [0.4, 0.5) is 5.13 Å². The number of sulfonamides is 1. The zero-order chi connectivity index (χ0) is 27.4. The predicted molar refractivity (Wildman–Crippen MR) is 161 cm³/mol. The number of thiazole rings is 1. The highest BCUT2D eigenvalue weighted by Crippen LogP contribution is 2.32. The zero-order valence-corrected chi connectivity index (χ0v) is 25.8. The van der Waals surface area contributed by atoms with Crippen molar-refractivity contribution in [3.05, 3.63) is 53.1 Å². The number of ether oxygens (including phenoxy) is 1. The van der Waals surface area contributed by atoms with E-state index in [1.165, 1.54) is 27.8 Å². The van der Waals surface area contributed by atoms with Gasteiger partial charge < -0.3 is 9.64 Å². The smallest absolute Gasteiger partial charge is 0.260 e. The maximum Gasteiger partial charge on any atom is 0.260 e. The normalized spacial score (nSPS) is 15.7. The third-order valence-electron chi connectivity index (χ3n) is 7.12. The van der Waals surface area contributed by atoms with Crippen molar-refractivity contribution in [3.63, 3.8) is 0 Å². The van der Waals surface area contributed by atoms with Gasteiger partial charge in [-0.15, -0.1) is 12.4 Å². The second-order valence-corrected chi connectivity index (χ2v) is 12.9. The molecule has 4 rings (SSSR count). The van der Waals surface area contributed by atoms with Gasteiger partial charge in [-0.2, -0.15) is 4.31 Å². The molecule has 0 saturated carbocycles. The van der Waals surface area contributed by atoms with E-state index in [1.807, 2.05) is 6.92 Å². The van der Waals surface area contributed by atoms with E-state index in [4.69, 9.17) is 9.72 Å². The summed E-state index contributed by atoms with van der Waals surface area (Å²) in [5.41, 5.74) is 3.58. The standard InChI is InChI=1S/C28H38N4O4S2.ClH/c1-6-31(7-2)14-15-32(28-29-26-21(4)17-20(3)18-25(26)37-28)27(33)22-10-12-24(13-11-22)38(34,35)30(5)19-23-9-8-16-36-23;/h10-13,17-18,23H,6-9,14-16,19H2,1-5H3;1H. The van der Waals surface area contributed by atoms with Crippen molar-refractivity contribution in [2.75, 3.05) is 51.3 Å². The molecule has 1 aliphatic heterocycles. The van der Waals surface area contributed by atoms with E-state index in [9.17, 15) is 13.2 Å². The first-order valence-electron chi connectivity index (χ1n) is 13.2. The van der Waals surface area contributed by atoms with Crippen LogP contribution < -0.4 is 4.90 Å². The van der Waals surface area contributed by atoms with Gasteiger partial charge in [-0.1, -0.05) is 31.3 Å². The van der Waals surface area contributed by atoms with Gasteiger partial charge in [0.2, 0.25) is 10.0 Å². The Labute approximate surface area is 242 Å². The molecular weight excluding hydrogens is 556 g/mol. The van der Waals surface area contributed by atoms with Gasteiger partial charge >= 0.3 is 0 Å². The van der Waals surface area contributed by atoms with Crippen LogP contribution in [0.2, 0.25) is 0 Å². The minimum absolute atomic E-state index is 0. The van der Waals surface area contributed by atoms with Gasteiger partial charge in [0.15, 0.2) is 5.13 Å². The molecule has 0 bridgehead atoms. The van der Waals surface area contributed by atoms with Crippen molar-refractivity contribution in [1.82, 2.24) is 14.2 Å². The molecule has 3 aromatic rings. The first-order valence-corrected chi connectivity index (χ1v) is 15.5. The number of aryl methyl sites for hydroxylation is 2. The van der Waals surface area contributed by atoms with E-state index < -0.39 is 10.0 Å². The van der Waals surface area contributed by atoms with E-state index in [2.05, 4.69) is 37.8 Å². The maximum atomic E-state index is 13.8. The lowest BCUT2D eigenvalue weighted by atomic mass is 10.1. The summed E-state index contributed by atoms with van der Waals surface area (Å²) < 4.78 is 34.2. The second kappa shape index (κ2) is 13.5. The van der Waals surface area contributed by atoms with Crippen LogP contribution in [-0.2, 0) is 14.8 Å². The number of likely N-dealkylation sites (N-methyl/N-ethyl adjacent to an activating group) is 2. The molecular formula is C28H39ClN4O4S2. The topological polar surface area (TPSA) is 83.1 Å². The average molecular weight is 595 g/mol. The SMILES string of the molecule is CCN(CC)CCN(C(=O)c1ccc(S(=O)(=O)N(C)CC2CCCO2)cc1)c1nc2c(C)cc(C)cc2s1.Cl. The number of amides is 1. The van der Waals surface area contributed by atoms with Crippen LogP contribution >= 0.6 is 23.7 Å². The van der Waals surface area contributed by atoms with Crippen molar-refractivity contribution >= 4 is 55.0 Å². The molecule has 1 amide bonds. The van der Waals surface area contributed by atoms with Crippen LogP contribution in [-0.4, -0.2) is 81.0 Å². The second-order valence-electron chi connectivity index (χ2n) is 9.85. The quantitative estimate of drug-likeness (QED) is 0.306. The van der Waals surface area contributed by atoms with E-state index in [1.54, 1.807) is 24.1 Å². The molecule has 1 atom stereocenters. The fraction of sp³-hybridized carbons (Fsp3) is 0.500. The summed E-state index contributed by atoms with van der Waals surface area (Å²) in [6.45, 7) is 12.3. The summed E-state index contributed by atoms with van der Waals surface area (Å²) in [7, 11) is -2.11. The Kier molecular flexibility index (Phi) is 10.9. The first kappa shape index (κ1) is 31.4. The number of hydrogen-bond acceptors (Lipinski definition) is 7. The number of halogens is 1. The van der Waals surface area contributed by atoms with Gasteiger partial charge in [0.1, 0.15) is 0 Å².